The maximum atomic E-state index is 13.2. The molecule has 3 N–H and O–H groups in total. The van der Waals surface area contributed by atoms with Gasteiger partial charge in [0.05, 0.1) is 14.4 Å². The predicted molar refractivity (Wildman–Crippen MR) is 43.0 cm³/mol. The largest absolute Gasteiger partial charge is 0.522 e. The molecule has 0 aliphatic rings. The molecule has 1 atom stereocenters. The number of alkyl halides is 2. The van der Waals surface area contributed by atoms with Crippen molar-refractivity contribution in [1.82, 2.24) is 0 Å². The van der Waals surface area contributed by atoms with E-state index in [9.17, 15) is 17.5 Å². The van der Waals surface area contributed by atoms with Crippen LogP contribution in [-0.4, -0.2) is 0 Å². The first-order valence-corrected chi connectivity index (χ1v) is 4.94. The lowest BCUT2D eigenvalue weighted by atomic mass is 10.2. The van der Waals surface area contributed by atoms with Gasteiger partial charge in [-0.1, -0.05) is 18.2 Å². The van der Waals surface area contributed by atoms with Gasteiger partial charge >= 0.3 is 15.7 Å². The topological polar surface area (TPSA) is 73.8 Å². The first-order valence-electron chi connectivity index (χ1n) is 3.53. The van der Waals surface area contributed by atoms with Gasteiger partial charge in [0.25, 0.3) is 0 Å². The van der Waals surface area contributed by atoms with E-state index in [4.69, 9.17) is 0 Å². The van der Waals surface area contributed by atoms with Crippen molar-refractivity contribution in [3.63, 3.8) is 0 Å². The highest BCUT2D eigenvalue weighted by Crippen LogP contribution is 2.37. The summed E-state index contributed by atoms with van der Waals surface area (Å²) in [4.78, 5) is 0. The maximum absolute atomic E-state index is 13.2. The average Bonchev–Trinajstić information content (AvgIpc) is 2.19. The Morgan fingerprint density at radius 1 is 1.29 bits per heavy atom. The molecule has 0 heterocycles. The van der Waals surface area contributed by atoms with Crippen molar-refractivity contribution < 1.29 is 27.7 Å². The second-order valence-electron chi connectivity index (χ2n) is 2.45. The molecule has 0 aliphatic heterocycles. The molecular formula is C7H8F2NO3S+2. The van der Waals surface area contributed by atoms with Crippen LogP contribution in [0.3, 0.4) is 0 Å². The molecule has 0 fully saturated rings. The Kier molecular flexibility index (Phi) is 2.95. The van der Waals surface area contributed by atoms with Crippen LogP contribution in [0.1, 0.15) is 5.56 Å². The lowest BCUT2D eigenvalue weighted by molar-refractivity contribution is -0.639. The Bertz CT molecular complexity index is 357. The first-order chi connectivity index (χ1) is 6.42. The molecule has 77 valence electrons. The minimum atomic E-state index is -5.00. The highest BCUT2D eigenvalue weighted by atomic mass is 32.3. The molecule has 14 heavy (non-hydrogen) atoms. The van der Waals surface area contributed by atoms with Crippen LogP contribution in [0.4, 0.5) is 8.78 Å². The smallest absolute Gasteiger partial charge is 0.159 e. The molecule has 1 rings (SSSR count). The third-order valence-corrected chi connectivity index (χ3v) is 2.75. The number of rotatable bonds is 3. The van der Waals surface area contributed by atoms with Crippen LogP contribution < -0.4 is 5.90 Å². The van der Waals surface area contributed by atoms with Crippen molar-refractivity contribution in [3.8, 4) is 0 Å². The van der Waals surface area contributed by atoms with E-state index in [1.165, 1.54) is 18.2 Å². The average molecular weight is 224 g/mol. The van der Waals surface area contributed by atoms with E-state index >= 15 is 0 Å². The van der Waals surface area contributed by atoms with Crippen LogP contribution in [0, 0.1) is 0 Å². The monoisotopic (exact) mass is 224 g/mol. The van der Waals surface area contributed by atoms with Gasteiger partial charge in [0.2, 0.25) is 0 Å². The van der Waals surface area contributed by atoms with Crippen molar-refractivity contribution in [2.45, 2.75) is 5.25 Å². The number of benzene rings is 1. The summed E-state index contributed by atoms with van der Waals surface area (Å²) in [6.45, 7) is 0. The first kappa shape index (κ1) is 11.2. The minimum Gasteiger partial charge on any atom is -0.159 e. The molecule has 7 heteroatoms. The van der Waals surface area contributed by atoms with Gasteiger partial charge in [-0.2, -0.15) is 5.90 Å². The lowest BCUT2D eigenvalue weighted by Gasteiger charge is -2.08. The van der Waals surface area contributed by atoms with E-state index in [2.05, 4.69) is 10.2 Å². The number of halogens is 2. The van der Waals surface area contributed by atoms with Crippen molar-refractivity contribution in [2.24, 2.45) is 0 Å². The summed E-state index contributed by atoms with van der Waals surface area (Å²) in [5, 5.41) is -4.07. The summed E-state index contributed by atoms with van der Waals surface area (Å²) in [5.74, 6) is 2.48. The van der Waals surface area contributed by atoms with Crippen LogP contribution in [0.25, 0.3) is 0 Å². The van der Waals surface area contributed by atoms with E-state index in [0.29, 0.717) is 0 Å². The molecule has 0 aromatic heterocycles. The number of hydrogen-bond donors (Lipinski definition) is 1. The zero-order chi connectivity index (χ0) is 10.8. The molecular weight excluding hydrogens is 216 g/mol. The molecule has 0 saturated carbocycles. The van der Waals surface area contributed by atoms with Gasteiger partial charge in [-0.25, -0.2) is 0 Å². The van der Waals surface area contributed by atoms with Crippen LogP contribution in [0.2, 0.25) is 0 Å². The molecule has 0 bridgehead atoms. The van der Waals surface area contributed by atoms with Gasteiger partial charge in [0.15, 0.2) is 0 Å². The zero-order valence-electron chi connectivity index (χ0n) is 6.98. The van der Waals surface area contributed by atoms with E-state index in [0.717, 1.165) is 12.1 Å². The van der Waals surface area contributed by atoms with E-state index < -0.39 is 21.3 Å². The Morgan fingerprint density at radius 2 is 1.79 bits per heavy atom. The fourth-order valence-corrected chi connectivity index (χ4v) is 1.42. The molecule has 0 spiro atoms. The summed E-state index contributed by atoms with van der Waals surface area (Å²) in [5.41, 5.74) is -0.649. The Labute approximate surface area is 80.1 Å². The fourth-order valence-electron chi connectivity index (χ4n) is 0.851. The summed E-state index contributed by atoms with van der Waals surface area (Å²) < 4.78 is 51.5. The predicted octanol–water partition coefficient (Wildman–Crippen LogP) is 0.669. The van der Waals surface area contributed by atoms with Crippen LogP contribution >= 0.6 is 0 Å². The highest BCUT2D eigenvalue weighted by Gasteiger charge is 2.65. The van der Waals surface area contributed by atoms with Crippen LogP contribution in [-0.2, 0) is 28.8 Å². The Hall–Kier alpha value is -0.890. The summed E-state index contributed by atoms with van der Waals surface area (Å²) in [6, 6.07) is 6.11. The molecule has 1 aromatic rings. The molecule has 1 unspecified atom stereocenters. The van der Waals surface area contributed by atoms with E-state index in [-0.39, 0.29) is 0 Å². The molecule has 1 aromatic carbocycles. The molecule has 0 saturated heterocycles. The normalized spacial score (nSPS) is 16.3. The lowest BCUT2D eigenvalue weighted by Crippen LogP contribution is -2.56. The van der Waals surface area contributed by atoms with E-state index in [1.807, 2.05) is 0 Å². The van der Waals surface area contributed by atoms with Crippen molar-refractivity contribution in [2.75, 3.05) is 0 Å². The maximum Gasteiger partial charge on any atom is 0.522 e. The van der Waals surface area contributed by atoms with Crippen LogP contribution in [0.15, 0.2) is 30.3 Å². The fraction of sp³-hybridized carbons (Fsp3) is 0.143. The van der Waals surface area contributed by atoms with Gasteiger partial charge in [-0.15, -0.1) is 8.78 Å². The highest BCUT2D eigenvalue weighted by molar-refractivity contribution is 7.93. The quantitative estimate of drug-likeness (QED) is 0.605. The number of hydrogen-bond acceptors (Lipinski definition) is 2. The second-order valence-corrected chi connectivity index (χ2v) is 4.11. The van der Waals surface area contributed by atoms with Crippen LogP contribution in [0.5, 0.6) is 0 Å². The second kappa shape index (κ2) is 3.70. The SMILES string of the molecule is [NH3+]O[S+]([O])(=O)C(F)(F)c1ccccc1. The van der Waals surface area contributed by atoms with Gasteiger partial charge in [0, 0.05) is 0 Å². The standard InChI is InChI=1S/C7H8F2NO3S/c8-7(9,14(11,12)13-10)6-4-2-1-3-5-6/h1-5H,10H3/q+2. The Morgan fingerprint density at radius 3 is 2.21 bits per heavy atom. The third-order valence-electron chi connectivity index (χ3n) is 1.58. The summed E-state index contributed by atoms with van der Waals surface area (Å²) in [7, 11) is -5.00. The van der Waals surface area contributed by atoms with Gasteiger partial charge < -0.3 is 0 Å². The van der Waals surface area contributed by atoms with Gasteiger partial charge in [-0.3, -0.25) is 0 Å². The Balaban J connectivity index is 3.15. The minimum absolute atomic E-state index is 0.649. The van der Waals surface area contributed by atoms with E-state index in [1.54, 1.807) is 0 Å². The zero-order valence-corrected chi connectivity index (χ0v) is 7.80. The van der Waals surface area contributed by atoms with Gasteiger partial charge in [0.1, 0.15) is 0 Å². The summed E-state index contributed by atoms with van der Waals surface area (Å²) >= 11 is 0. The molecule has 0 amide bonds. The van der Waals surface area contributed by atoms with Crippen molar-refractivity contribution >= 4 is 10.5 Å². The molecule has 1 radical (unpaired) electrons. The summed E-state index contributed by atoms with van der Waals surface area (Å²) in [6.07, 6.45) is 0. The molecule has 4 nitrogen and oxygen atoms in total. The van der Waals surface area contributed by atoms with Gasteiger partial charge in [-0.05, 0) is 16.3 Å². The third kappa shape index (κ3) is 1.80. The van der Waals surface area contributed by atoms with Crippen molar-refractivity contribution in [3.05, 3.63) is 35.9 Å². The van der Waals surface area contributed by atoms with Crippen molar-refractivity contribution in [1.29, 1.82) is 0 Å². The molecule has 0 aliphatic carbocycles. The number of quaternary nitrogens is 1.